The normalized spacial score (nSPS) is 15.3. The van der Waals surface area contributed by atoms with Crippen LogP contribution in [0.25, 0.3) is 6.08 Å². The van der Waals surface area contributed by atoms with Gasteiger partial charge in [-0.1, -0.05) is 6.07 Å². The number of hydrogen-bond acceptors (Lipinski definition) is 7. The molecule has 0 radical (unpaired) electrons. The Morgan fingerprint density at radius 2 is 1.88 bits per heavy atom. The number of carbonyl (C=O) groups is 3. The number of nitrogens with zero attached hydrogens (tertiary/aromatic N) is 2. The van der Waals surface area contributed by atoms with E-state index in [2.05, 4.69) is 15.9 Å². The van der Waals surface area contributed by atoms with Crippen LogP contribution in [0.15, 0.2) is 45.8 Å². The fraction of sp³-hybridized carbons (Fsp3) is 0.105. The largest absolute Gasteiger partial charge is 0.449 e. The van der Waals surface area contributed by atoms with E-state index >= 15 is 0 Å². The summed E-state index contributed by atoms with van der Waals surface area (Å²) in [6.07, 6.45) is -3.38. The lowest BCUT2D eigenvalue weighted by Gasteiger charge is -2.11. The first kappa shape index (κ1) is 24.3. The van der Waals surface area contributed by atoms with Crippen LogP contribution in [0, 0.1) is 10.1 Å². The smallest absolute Gasteiger partial charge is 0.416 e. The molecule has 9 nitrogen and oxygen atoms in total. The average molecular weight is 546 g/mol. The molecule has 3 amide bonds. The van der Waals surface area contributed by atoms with Crippen molar-refractivity contribution in [3.8, 4) is 11.5 Å². The summed E-state index contributed by atoms with van der Waals surface area (Å²) in [5.74, 6) is -1.90. The van der Waals surface area contributed by atoms with Gasteiger partial charge >= 0.3 is 11.9 Å². The van der Waals surface area contributed by atoms with Gasteiger partial charge < -0.3 is 10.5 Å². The van der Waals surface area contributed by atoms with Crippen LogP contribution < -0.4 is 10.5 Å². The van der Waals surface area contributed by atoms with Crippen molar-refractivity contribution >= 4 is 56.5 Å². The molecule has 1 saturated heterocycles. The summed E-state index contributed by atoms with van der Waals surface area (Å²) in [4.78, 5) is 46.1. The van der Waals surface area contributed by atoms with Crippen LogP contribution in [0.1, 0.15) is 11.1 Å². The molecular weight excluding hydrogens is 535 g/mol. The lowest BCUT2D eigenvalue weighted by Crippen LogP contribution is -2.36. The summed E-state index contributed by atoms with van der Waals surface area (Å²) in [5, 5.41) is 10.6. The Morgan fingerprint density at radius 3 is 2.45 bits per heavy atom. The summed E-state index contributed by atoms with van der Waals surface area (Å²) >= 11 is 3.82. The summed E-state index contributed by atoms with van der Waals surface area (Å²) in [6.45, 7) is -0.551. The number of ether oxygens (including phenoxy) is 1. The summed E-state index contributed by atoms with van der Waals surface area (Å²) in [7, 11) is 0. The zero-order valence-corrected chi connectivity index (χ0v) is 18.5. The van der Waals surface area contributed by atoms with Crippen molar-refractivity contribution in [3.63, 3.8) is 0 Å². The minimum atomic E-state index is -4.76. The number of imide groups is 1. The fourth-order valence-corrected chi connectivity index (χ4v) is 3.99. The van der Waals surface area contributed by atoms with Crippen LogP contribution in [0.3, 0.4) is 0 Å². The van der Waals surface area contributed by atoms with E-state index in [1.54, 1.807) is 0 Å². The van der Waals surface area contributed by atoms with Crippen molar-refractivity contribution in [2.45, 2.75) is 6.18 Å². The number of carbonyl (C=O) groups excluding carboxylic acids is 3. The lowest BCUT2D eigenvalue weighted by atomic mass is 10.1. The second-order valence-corrected chi connectivity index (χ2v) is 8.31. The number of nitro benzene ring substituents is 1. The number of halogens is 4. The van der Waals surface area contributed by atoms with Crippen molar-refractivity contribution in [3.05, 3.63) is 67.0 Å². The molecule has 0 unspecified atom stereocenters. The maximum absolute atomic E-state index is 12.9. The van der Waals surface area contributed by atoms with E-state index in [0.29, 0.717) is 34.4 Å². The molecular formula is C19H11BrF3N3O6S. The van der Waals surface area contributed by atoms with Crippen LogP contribution >= 0.6 is 27.7 Å². The molecule has 172 valence electrons. The van der Waals surface area contributed by atoms with Gasteiger partial charge in [0, 0.05) is 6.07 Å². The second-order valence-electron chi connectivity index (χ2n) is 6.46. The summed E-state index contributed by atoms with van der Waals surface area (Å²) < 4.78 is 44.3. The molecule has 0 saturated carbocycles. The molecule has 2 N–H and O–H groups in total. The molecule has 0 atom stereocenters. The highest BCUT2D eigenvalue weighted by Gasteiger charge is 2.36. The number of nitrogens with two attached hydrogens (primary N) is 1. The van der Waals surface area contributed by atoms with Crippen LogP contribution in [0.2, 0.25) is 0 Å². The molecule has 0 aromatic heterocycles. The Morgan fingerprint density at radius 1 is 1.21 bits per heavy atom. The standard InChI is InChI=1S/C19H11BrF3N3O6S/c20-11-5-9(6-15-17(28)25(8-16(24)27)18(29)33-15)1-3-13(11)32-14-4-2-10(19(21,22)23)7-12(14)26(30)31/h1-7H,8H2,(H2,24,27)/b15-6-. The zero-order chi connectivity index (χ0) is 24.5. The predicted octanol–water partition coefficient (Wildman–Crippen LogP) is 4.69. The molecule has 1 aliphatic heterocycles. The van der Waals surface area contributed by atoms with Gasteiger partial charge in [-0.25, -0.2) is 0 Å². The van der Waals surface area contributed by atoms with Gasteiger partial charge in [0.15, 0.2) is 0 Å². The number of hydrogen-bond donors (Lipinski definition) is 1. The maximum atomic E-state index is 12.9. The summed E-state index contributed by atoms with van der Waals surface area (Å²) in [6, 6.07) is 6.17. The molecule has 3 rings (SSSR count). The van der Waals surface area contributed by atoms with Gasteiger partial charge in [-0.2, -0.15) is 13.2 Å². The SMILES string of the molecule is NC(=O)CN1C(=O)S/C(=C\c2ccc(Oc3ccc(C(F)(F)F)cc3[N+](=O)[O-])c(Br)c2)C1=O. The number of primary amides is 1. The van der Waals surface area contributed by atoms with Gasteiger partial charge in [-0.05, 0) is 63.6 Å². The quantitative estimate of drug-likeness (QED) is 0.316. The molecule has 33 heavy (non-hydrogen) atoms. The van der Waals surface area contributed by atoms with Crippen LogP contribution in [0.4, 0.5) is 23.7 Å². The number of rotatable bonds is 6. The first-order valence-electron chi connectivity index (χ1n) is 8.73. The minimum Gasteiger partial charge on any atom is -0.449 e. The van der Waals surface area contributed by atoms with Gasteiger partial charge in [-0.3, -0.25) is 29.4 Å². The van der Waals surface area contributed by atoms with E-state index in [4.69, 9.17) is 10.5 Å². The van der Waals surface area contributed by atoms with Crippen LogP contribution in [0.5, 0.6) is 11.5 Å². The Labute approximate surface area is 195 Å². The van der Waals surface area contributed by atoms with Gasteiger partial charge in [-0.15, -0.1) is 0 Å². The molecule has 2 aromatic carbocycles. The molecule has 1 fully saturated rings. The van der Waals surface area contributed by atoms with Crippen LogP contribution in [-0.2, 0) is 15.8 Å². The number of thioether (sulfide) groups is 1. The van der Waals surface area contributed by atoms with E-state index in [-0.39, 0.29) is 15.1 Å². The number of alkyl halides is 3. The second kappa shape index (κ2) is 9.23. The number of nitro groups is 1. The van der Waals surface area contributed by atoms with Crippen molar-refractivity contribution in [2.75, 3.05) is 6.54 Å². The Kier molecular flexibility index (Phi) is 6.78. The first-order chi connectivity index (χ1) is 15.4. The Balaban J connectivity index is 1.86. The average Bonchev–Trinajstić information content (AvgIpc) is 2.96. The van der Waals surface area contributed by atoms with E-state index in [0.717, 1.165) is 6.07 Å². The monoisotopic (exact) mass is 545 g/mol. The van der Waals surface area contributed by atoms with E-state index in [1.807, 2.05) is 0 Å². The fourth-order valence-electron chi connectivity index (χ4n) is 2.67. The third-order valence-corrected chi connectivity index (χ3v) is 5.67. The molecule has 0 bridgehead atoms. The first-order valence-corrected chi connectivity index (χ1v) is 10.3. The predicted molar refractivity (Wildman–Crippen MR) is 114 cm³/mol. The lowest BCUT2D eigenvalue weighted by molar-refractivity contribution is -0.385. The highest BCUT2D eigenvalue weighted by Crippen LogP contribution is 2.40. The molecule has 0 spiro atoms. The van der Waals surface area contributed by atoms with E-state index in [9.17, 15) is 37.7 Å². The summed E-state index contributed by atoms with van der Waals surface area (Å²) in [5.41, 5.74) is 3.39. The number of benzene rings is 2. The minimum absolute atomic E-state index is 0.0418. The van der Waals surface area contributed by atoms with Gasteiger partial charge in [0.25, 0.3) is 11.1 Å². The third kappa shape index (κ3) is 5.51. The van der Waals surface area contributed by atoms with Gasteiger partial charge in [0.05, 0.1) is 19.9 Å². The van der Waals surface area contributed by atoms with Gasteiger partial charge in [0.1, 0.15) is 12.3 Å². The van der Waals surface area contributed by atoms with Crippen molar-refractivity contribution in [1.82, 2.24) is 4.90 Å². The van der Waals surface area contributed by atoms with E-state index < -0.39 is 51.7 Å². The van der Waals surface area contributed by atoms with Crippen LogP contribution in [-0.4, -0.2) is 33.4 Å². The van der Waals surface area contributed by atoms with Crippen molar-refractivity contribution < 1.29 is 37.2 Å². The zero-order valence-electron chi connectivity index (χ0n) is 16.1. The topological polar surface area (TPSA) is 133 Å². The molecule has 14 heteroatoms. The van der Waals surface area contributed by atoms with Gasteiger partial charge in [0.2, 0.25) is 11.7 Å². The Hall–Kier alpha value is -3.39. The number of amides is 3. The van der Waals surface area contributed by atoms with Crippen molar-refractivity contribution in [2.24, 2.45) is 5.73 Å². The molecule has 2 aromatic rings. The van der Waals surface area contributed by atoms with E-state index in [1.165, 1.54) is 24.3 Å². The molecule has 1 aliphatic rings. The third-order valence-electron chi connectivity index (χ3n) is 4.14. The Bertz CT molecular complexity index is 1220. The molecule has 1 heterocycles. The maximum Gasteiger partial charge on any atom is 0.416 e. The molecule has 0 aliphatic carbocycles. The highest BCUT2D eigenvalue weighted by atomic mass is 79.9. The van der Waals surface area contributed by atoms with Crippen molar-refractivity contribution in [1.29, 1.82) is 0 Å². The highest BCUT2D eigenvalue weighted by molar-refractivity contribution is 9.10.